The molecule has 3 nitrogen and oxygen atoms in total. The lowest BCUT2D eigenvalue weighted by Gasteiger charge is -1.70. The number of nitriles is 3. The van der Waals surface area contributed by atoms with E-state index in [1.165, 1.54) is 6.08 Å². The molecule has 0 atom stereocenters. The molecule has 0 unspecified atom stereocenters. The van der Waals surface area contributed by atoms with E-state index in [2.05, 4.69) is 6.58 Å². The average molecular weight is 243 g/mol. The second kappa shape index (κ2) is 29.3. The van der Waals surface area contributed by atoms with Crippen LogP contribution in [0.25, 0.3) is 0 Å². The van der Waals surface area contributed by atoms with Gasteiger partial charge < -0.3 is 0 Å². The summed E-state index contributed by atoms with van der Waals surface area (Å²) >= 11 is 0. The molecule has 0 aromatic carbocycles. The molecular formula is C15H21N3. The number of rotatable bonds is 4. The largest absolute Gasteiger partial charge is 0.198 e. The molecule has 0 heterocycles. The Morgan fingerprint density at radius 1 is 1.11 bits per heavy atom. The molecule has 18 heavy (non-hydrogen) atoms. The zero-order valence-electron chi connectivity index (χ0n) is 11.3. The van der Waals surface area contributed by atoms with Gasteiger partial charge in [-0.05, 0) is 19.8 Å². The first kappa shape index (κ1) is 21.0. The van der Waals surface area contributed by atoms with E-state index in [0.717, 1.165) is 12.8 Å². The van der Waals surface area contributed by atoms with Crippen molar-refractivity contribution >= 4 is 0 Å². The van der Waals surface area contributed by atoms with Crippen LogP contribution in [-0.2, 0) is 0 Å². The minimum Gasteiger partial charge on any atom is -0.198 e. The normalized spacial score (nSPS) is 7.94. The first-order chi connectivity index (χ1) is 8.74. The van der Waals surface area contributed by atoms with Crippen LogP contribution in [0.4, 0.5) is 0 Å². The summed E-state index contributed by atoms with van der Waals surface area (Å²) in [6.07, 6.45) is 11.6. The zero-order chi connectivity index (χ0) is 14.5. The highest BCUT2D eigenvalue weighted by Crippen LogP contribution is 1.82. The van der Waals surface area contributed by atoms with Gasteiger partial charge in [-0.3, -0.25) is 0 Å². The Hall–Kier alpha value is -2.31. The maximum absolute atomic E-state index is 7.90. The lowest BCUT2D eigenvalue weighted by Crippen LogP contribution is -1.57. The van der Waals surface area contributed by atoms with Crippen molar-refractivity contribution in [3.05, 3.63) is 37.0 Å². The Morgan fingerprint density at radius 3 is 1.94 bits per heavy atom. The molecule has 0 bridgehead atoms. The minimum atomic E-state index is 0.538. The smallest absolute Gasteiger partial charge is 0.0908 e. The Balaban J connectivity index is -0.000000187. The summed E-state index contributed by atoms with van der Waals surface area (Å²) < 4.78 is 0. The Bertz CT molecular complexity index is 332. The van der Waals surface area contributed by atoms with Gasteiger partial charge in [0, 0.05) is 12.5 Å². The van der Waals surface area contributed by atoms with Crippen LogP contribution in [0.15, 0.2) is 37.0 Å². The molecule has 0 aromatic rings. The molecule has 0 rings (SSSR count). The predicted octanol–water partition coefficient (Wildman–Crippen LogP) is 4.43. The molecule has 0 radical (unpaired) electrons. The topological polar surface area (TPSA) is 71.4 Å². The SMILES string of the molecule is C/C=C/CC#N.C=CCCC#N.CC/C=C/C#N. The highest BCUT2D eigenvalue weighted by molar-refractivity contribution is 5.00. The van der Waals surface area contributed by atoms with Gasteiger partial charge in [0.15, 0.2) is 0 Å². The van der Waals surface area contributed by atoms with Gasteiger partial charge in [-0.1, -0.05) is 31.2 Å². The van der Waals surface area contributed by atoms with Gasteiger partial charge in [0.1, 0.15) is 0 Å². The van der Waals surface area contributed by atoms with Gasteiger partial charge >= 0.3 is 0 Å². The third kappa shape index (κ3) is 49.3. The molecule has 3 heteroatoms. The maximum atomic E-state index is 7.90. The van der Waals surface area contributed by atoms with E-state index >= 15 is 0 Å². The van der Waals surface area contributed by atoms with Gasteiger partial charge in [0.25, 0.3) is 0 Å². The van der Waals surface area contributed by atoms with Crippen molar-refractivity contribution in [2.45, 2.75) is 39.5 Å². The van der Waals surface area contributed by atoms with Crippen molar-refractivity contribution in [2.75, 3.05) is 0 Å². The molecule has 0 aliphatic carbocycles. The number of hydrogen-bond donors (Lipinski definition) is 0. The van der Waals surface area contributed by atoms with E-state index in [-0.39, 0.29) is 0 Å². The fraction of sp³-hybridized carbons (Fsp3) is 0.400. The van der Waals surface area contributed by atoms with E-state index in [9.17, 15) is 0 Å². The van der Waals surface area contributed by atoms with Crippen molar-refractivity contribution in [3.8, 4) is 18.2 Å². The van der Waals surface area contributed by atoms with E-state index in [4.69, 9.17) is 15.8 Å². The molecule has 0 spiro atoms. The molecule has 0 fully saturated rings. The van der Waals surface area contributed by atoms with Crippen LogP contribution in [0.5, 0.6) is 0 Å². The quantitative estimate of drug-likeness (QED) is 0.416. The van der Waals surface area contributed by atoms with Crippen LogP contribution in [0, 0.1) is 34.0 Å². The fourth-order valence-electron chi connectivity index (χ4n) is 0.508. The van der Waals surface area contributed by atoms with Gasteiger partial charge in [0.05, 0.1) is 24.6 Å². The van der Waals surface area contributed by atoms with Crippen LogP contribution in [-0.4, -0.2) is 0 Å². The van der Waals surface area contributed by atoms with E-state index < -0.39 is 0 Å². The summed E-state index contributed by atoms with van der Waals surface area (Å²) in [6.45, 7) is 7.34. The predicted molar refractivity (Wildman–Crippen MR) is 75.1 cm³/mol. The highest BCUT2D eigenvalue weighted by atomic mass is 14.2. The van der Waals surface area contributed by atoms with Crippen LogP contribution in [0.3, 0.4) is 0 Å². The van der Waals surface area contributed by atoms with Crippen molar-refractivity contribution < 1.29 is 0 Å². The molecule has 96 valence electrons. The Kier molecular flexibility index (Phi) is 34.2. The first-order valence-electron chi connectivity index (χ1n) is 5.75. The minimum absolute atomic E-state index is 0.538. The van der Waals surface area contributed by atoms with Gasteiger partial charge in [0.2, 0.25) is 0 Å². The monoisotopic (exact) mass is 243 g/mol. The molecule has 0 aromatic heterocycles. The highest BCUT2D eigenvalue weighted by Gasteiger charge is 1.69. The van der Waals surface area contributed by atoms with Crippen LogP contribution in [0.1, 0.15) is 39.5 Å². The molecule has 0 saturated heterocycles. The summed E-state index contributed by atoms with van der Waals surface area (Å²) in [5.41, 5.74) is 0. The van der Waals surface area contributed by atoms with E-state index in [0.29, 0.717) is 12.8 Å². The fourth-order valence-corrected chi connectivity index (χ4v) is 0.508. The van der Waals surface area contributed by atoms with E-state index in [1.54, 1.807) is 6.08 Å². The first-order valence-corrected chi connectivity index (χ1v) is 5.75. The van der Waals surface area contributed by atoms with Crippen LogP contribution in [0.2, 0.25) is 0 Å². The average Bonchev–Trinajstić information content (AvgIpc) is 2.42. The Morgan fingerprint density at radius 2 is 1.78 bits per heavy atom. The Labute approximate surface area is 111 Å². The number of nitrogens with zero attached hydrogens (tertiary/aromatic N) is 3. The van der Waals surface area contributed by atoms with Crippen molar-refractivity contribution in [3.63, 3.8) is 0 Å². The standard InChI is InChI=1S/3C5H7N/c3*1-2-3-4-5-6/h3-4H,2H2,1H3;2-3H,4H2,1H3;2H,1,3-4H2/b4-3+;3-2+;. The lowest BCUT2D eigenvalue weighted by atomic mass is 10.3. The van der Waals surface area contributed by atoms with Crippen molar-refractivity contribution in [1.82, 2.24) is 0 Å². The van der Waals surface area contributed by atoms with Crippen LogP contribution < -0.4 is 0 Å². The van der Waals surface area contributed by atoms with Crippen molar-refractivity contribution in [2.24, 2.45) is 0 Å². The molecule has 0 amide bonds. The van der Waals surface area contributed by atoms with Gasteiger partial charge in [-0.15, -0.1) is 6.58 Å². The second-order valence-corrected chi connectivity index (χ2v) is 2.86. The number of hydrogen-bond acceptors (Lipinski definition) is 3. The molecular weight excluding hydrogens is 222 g/mol. The summed E-state index contributed by atoms with van der Waals surface area (Å²) in [7, 11) is 0. The summed E-state index contributed by atoms with van der Waals surface area (Å²) in [5.74, 6) is 0. The summed E-state index contributed by atoms with van der Waals surface area (Å²) in [4.78, 5) is 0. The van der Waals surface area contributed by atoms with Gasteiger partial charge in [-0.2, -0.15) is 15.8 Å². The summed E-state index contributed by atoms with van der Waals surface area (Å²) in [6, 6.07) is 5.87. The number of unbranched alkanes of at least 4 members (excludes halogenated alkanes) is 1. The summed E-state index contributed by atoms with van der Waals surface area (Å²) in [5, 5.41) is 23.7. The maximum Gasteiger partial charge on any atom is 0.0908 e. The third-order valence-electron chi connectivity index (χ3n) is 1.33. The molecule has 0 aliphatic heterocycles. The van der Waals surface area contributed by atoms with Gasteiger partial charge in [-0.25, -0.2) is 0 Å². The van der Waals surface area contributed by atoms with E-state index in [1.807, 2.05) is 50.3 Å². The van der Waals surface area contributed by atoms with Crippen molar-refractivity contribution in [1.29, 1.82) is 15.8 Å². The molecule has 0 N–H and O–H groups in total. The zero-order valence-corrected chi connectivity index (χ0v) is 11.3. The lowest BCUT2D eigenvalue weighted by molar-refractivity contribution is 1.07. The second-order valence-electron chi connectivity index (χ2n) is 2.86. The van der Waals surface area contributed by atoms with Crippen LogP contribution >= 0.6 is 0 Å². The third-order valence-corrected chi connectivity index (χ3v) is 1.33. The number of allylic oxidation sites excluding steroid dienone is 5. The molecule has 0 aliphatic rings. The molecule has 0 saturated carbocycles.